The first kappa shape index (κ1) is 53.5. The van der Waals surface area contributed by atoms with Crippen molar-refractivity contribution in [3.63, 3.8) is 0 Å². The number of carboxylic acids is 1. The number of urea groups is 2. The molecular formula is C52H62N6O11S2. The van der Waals surface area contributed by atoms with Crippen molar-refractivity contribution >= 4 is 77.7 Å². The lowest BCUT2D eigenvalue weighted by Gasteiger charge is -2.20. The number of benzene rings is 5. The van der Waals surface area contributed by atoms with Crippen LogP contribution in [0.1, 0.15) is 104 Å². The highest BCUT2D eigenvalue weighted by Gasteiger charge is 2.27. The van der Waals surface area contributed by atoms with Gasteiger partial charge in [-0.3, -0.25) is 13.9 Å². The molecule has 0 atom stereocenters. The number of carbonyl (C=O) groups is 3. The monoisotopic (exact) mass is 1010 g/mol. The second-order valence-electron chi connectivity index (χ2n) is 17.9. The molecule has 1 aliphatic carbocycles. The van der Waals surface area contributed by atoms with Crippen LogP contribution in [0.5, 0.6) is 0 Å². The predicted molar refractivity (Wildman–Crippen MR) is 276 cm³/mol. The van der Waals surface area contributed by atoms with Crippen LogP contribution in [0.15, 0.2) is 85.9 Å². The topological polar surface area (TPSA) is 280 Å². The summed E-state index contributed by atoms with van der Waals surface area (Å²) in [7, 11) is -9.54. The summed E-state index contributed by atoms with van der Waals surface area (Å²) in [6, 6.07) is 16.9. The SMILES string of the molecule is Cc1cc(C)c(Nc2ccc3c(-c4ccccc4S(=O)(=O)O)c4ccc(=Nc5c(C)c(NC(=O)NCCCCCCCCCCCCC(=O)O)c(C)c(S(=O)(=O)O)c5C)cc-4oc3c2)c(C)c1NC(N)=O. The lowest BCUT2D eigenvalue weighted by atomic mass is 9.93. The van der Waals surface area contributed by atoms with Gasteiger partial charge in [-0.2, -0.15) is 16.8 Å². The highest BCUT2D eigenvalue weighted by molar-refractivity contribution is 7.86. The number of anilines is 4. The Bertz CT molecular complexity index is 3280. The molecule has 19 heteroatoms. The number of amides is 4. The smallest absolute Gasteiger partial charge is 0.319 e. The first-order valence-corrected chi connectivity index (χ1v) is 26.4. The molecule has 0 fully saturated rings. The fraction of sp³-hybridized carbons (Fsp3) is 0.346. The summed E-state index contributed by atoms with van der Waals surface area (Å²) in [6.07, 6.45) is 9.86. The third-order valence-electron chi connectivity index (χ3n) is 12.6. The highest BCUT2D eigenvalue weighted by Crippen LogP contribution is 2.44. The van der Waals surface area contributed by atoms with E-state index in [9.17, 15) is 40.3 Å². The summed E-state index contributed by atoms with van der Waals surface area (Å²) in [5.74, 6) is -0.514. The largest absolute Gasteiger partial charge is 0.481 e. The Kier molecular flexibility index (Phi) is 17.3. The Morgan fingerprint density at radius 1 is 0.648 bits per heavy atom. The minimum atomic E-state index is -4.82. The minimum Gasteiger partial charge on any atom is -0.481 e. The van der Waals surface area contributed by atoms with Crippen molar-refractivity contribution in [3.05, 3.63) is 105 Å². The van der Waals surface area contributed by atoms with Gasteiger partial charge in [0.1, 0.15) is 21.1 Å². The zero-order valence-electron chi connectivity index (χ0n) is 40.8. The molecule has 4 aromatic rings. The first-order valence-electron chi connectivity index (χ1n) is 23.5. The van der Waals surface area contributed by atoms with Gasteiger partial charge in [-0.05, 0) is 118 Å². The second-order valence-corrected chi connectivity index (χ2v) is 20.7. The van der Waals surface area contributed by atoms with E-state index in [1.54, 1.807) is 55.5 Å². The second kappa shape index (κ2) is 23.0. The van der Waals surface area contributed by atoms with Crippen LogP contribution in [0.2, 0.25) is 0 Å². The summed E-state index contributed by atoms with van der Waals surface area (Å²) in [4.78, 5) is 39.9. The number of hydrogen-bond donors (Lipinski definition) is 8. The zero-order valence-corrected chi connectivity index (χ0v) is 42.4. The maximum Gasteiger partial charge on any atom is 0.319 e. The summed E-state index contributed by atoms with van der Waals surface area (Å²) >= 11 is 0. The summed E-state index contributed by atoms with van der Waals surface area (Å²) in [5, 5.41) is 21.3. The molecule has 0 aromatic heterocycles. The van der Waals surface area contributed by atoms with Crippen molar-refractivity contribution in [1.82, 2.24) is 5.32 Å². The Hall–Kier alpha value is -6.80. The molecule has 0 saturated carbocycles. The molecule has 1 aliphatic heterocycles. The molecule has 1 heterocycles. The number of unbranched alkanes of at least 4 members (excludes halogenated alkanes) is 9. The van der Waals surface area contributed by atoms with E-state index in [0.29, 0.717) is 57.7 Å². The fourth-order valence-electron chi connectivity index (χ4n) is 9.28. The predicted octanol–water partition coefficient (Wildman–Crippen LogP) is 11.5. The molecule has 0 unspecified atom stereocenters. The van der Waals surface area contributed by atoms with Crippen molar-refractivity contribution in [2.45, 2.75) is 122 Å². The zero-order chi connectivity index (χ0) is 51.8. The van der Waals surface area contributed by atoms with Crippen LogP contribution in [0.4, 0.5) is 38.0 Å². The molecular weight excluding hydrogens is 949 g/mol. The number of nitrogens with one attached hydrogen (secondary N) is 4. The maximum atomic E-state index is 13.3. The molecule has 0 saturated heterocycles. The van der Waals surface area contributed by atoms with E-state index in [0.717, 1.165) is 74.5 Å². The van der Waals surface area contributed by atoms with E-state index in [-0.39, 0.29) is 50.5 Å². The van der Waals surface area contributed by atoms with Gasteiger partial charge < -0.3 is 36.5 Å². The molecule has 17 nitrogen and oxygen atoms in total. The van der Waals surface area contributed by atoms with Gasteiger partial charge in [0.2, 0.25) is 0 Å². The van der Waals surface area contributed by atoms with Crippen LogP contribution in [0, 0.1) is 41.5 Å². The number of fused-ring (bicyclic) bond motifs is 2. The summed E-state index contributed by atoms with van der Waals surface area (Å²) in [6.45, 7) is 10.7. The minimum absolute atomic E-state index is 0.126. The third-order valence-corrected chi connectivity index (χ3v) is 14.7. The fourth-order valence-corrected chi connectivity index (χ4v) is 11.0. The van der Waals surface area contributed by atoms with E-state index < -0.39 is 43.2 Å². The van der Waals surface area contributed by atoms with Gasteiger partial charge >= 0.3 is 18.0 Å². The lowest BCUT2D eigenvalue weighted by Crippen LogP contribution is -2.30. The van der Waals surface area contributed by atoms with E-state index in [2.05, 4.69) is 21.3 Å². The molecule has 71 heavy (non-hydrogen) atoms. The number of aliphatic carboxylic acids is 1. The van der Waals surface area contributed by atoms with Crippen molar-refractivity contribution in [2.75, 3.05) is 22.5 Å². The van der Waals surface area contributed by atoms with Crippen LogP contribution in [-0.2, 0) is 25.0 Å². The number of carbonyl (C=O) groups excluding carboxylic acids is 2. The van der Waals surface area contributed by atoms with E-state index in [1.165, 1.54) is 26.0 Å². The highest BCUT2D eigenvalue weighted by atomic mass is 32.2. The van der Waals surface area contributed by atoms with Crippen LogP contribution in [0.3, 0.4) is 0 Å². The van der Waals surface area contributed by atoms with E-state index in [1.807, 2.05) is 26.8 Å². The molecule has 0 spiro atoms. The van der Waals surface area contributed by atoms with Gasteiger partial charge in [-0.1, -0.05) is 75.6 Å². The number of hydrogen-bond acceptors (Lipinski definition) is 10. The van der Waals surface area contributed by atoms with Crippen LogP contribution in [0.25, 0.3) is 33.4 Å². The third kappa shape index (κ3) is 13.1. The average Bonchev–Trinajstić information content (AvgIpc) is 3.29. The number of rotatable bonds is 21. The molecule has 6 rings (SSSR count). The lowest BCUT2D eigenvalue weighted by molar-refractivity contribution is -0.137. The number of aryl methyl sites for hydroxylation is 2. The summed E-state index contributed by atoms with van der Waals surface area (Å²) in [5.41, 5.74) is 12.1. The Morgan fingerprint density at radius 3 is 1.92 bits per heavy atom. The number of nitrogens with zero attached hydrogens (tertiary/aromatic N) is 1. The van der Waals surface area contributed by atoms with Gasteiger partial charge in [0.25, 0.3) is 20.2 Å². The van der Waals surface area contributed by atoms with Gasteiger partial charge in [0.05, 0.1) is 22.4 Å². The van der Waals surface area contributed by atoms with Crippen LogP contribution >= 0.6 is 0 Å². The van der Waals surface area contributed by atoms with Crippen molar-refractivity contribution in [1.29, 1.82) is 0 Å². The Balaban J connectivity index is 1.34. The molecule has 2 aliphatic rings. The molecule has 0 bridgehead atoms. The molecule has 4 aromatic carbocycles. The van der Waals surface area contributed by atoms with E-state index in [4.69, 9.17) is 20.2 Å². The summed E-state index contributed by atoms with van der Waals surface area (Å²) < 4.78 is 78.9. The number of carboxylic acid groups (broad SMARTS) is 1. The first-order chi connectivity index (χ1) is 33.6. The van der Waals surface area contributed by atoms with Gasteiger partial charge in [-0.25, -0.2) is 14.6 Å². The standard InChI is InChI=1S/C52H62N6O11S2/c1-30-27-31(2)47(57-51(53)61)32(3)46(30)55-36-22-24-38-41(28-36)69-42-29-37(23-25-39(42)45(38)40-19-16-17-20-43(40)70(63,64)65)56-48-33(4)49(35(6)50(34(48)5)71(66,67)68)58-52(62)54-26-18-14-12-10-8-7-9-11-13-15-21-44(59)60/h16-17,19-20,22-25,27-29,55H,7-15,18,21,26H2,1-6H3,(H,59,60)(H3,53,57,61)(H2,54,58,62)(H,63,64,65)(H,66,67,68). The van der Waals surface area contributed by atoms with Crippen LogP contribution < -0.4 is 32.4 Å². The molecule has 9 N–H and O–H groups in total. The normalized spacial score (nSPS) is 12.1. The Labute approximate surface area is 414 Å². The Morgan fingerprint density at radius 2 is 1.28 bits per heavy atom. The van der Waals surface area contributed by atoms with Crippen molar-refractivity contribution in [2.24, 2.45) is 10.7 Å². The number of nitrogens with two attached hydrogens (primary N) is 1. The maximum absolute atomic E-state index is 13.3. The van der Waals surface area contributed by atoms with Gasteiger partial charge in [0, 0.05) is 58.5 Å². The van der Waals surface area contributed by atoms with E-state index >= 15 is 0 Å². The van der Waals surface area contributed by atoms with Crippen molar-refractivity contribution < 1.29 is 49.8 Å². The molecule has 378 valence electrons. The van der Waals surface area contributed by atoms with Gasteiger partial charge in [0.15, 0.2) is 0 Å². The van der Waals surface area contributed by atoms with Gasteiger partial charge in [-0.15, -0.1) is 0 Å². The van der Waals surface area contributed by atoms with Crippen molar-refractivity contribution in [3.8, 4) is 22.5 Å². The molecule has 4 amide bonds. The average molecular weight is 1010 g/mol. The quantitative estimate of drug-likeness (QED) is 0.0190. The van der Waals surface area contributed by atoms with Crippen LogP contribution in [-0.4, -0.2) is 55.6 Å². The molecule has 0 radical (unpaired) electrons. The number of primary amides is 1.